The van der Waals surface area contributed by atoms with Crippen molar-refractivity contribution in [2.75, 3.05) is 26.2 Å². The van der Waals surface area contributed by atoms with Gasteiger partial charge in [0.05, 0.1) is 0 Å². The van der Waals surface area contributed by atoms with Crippen molar-refractivity contribution in [2.24, 2.45) is 5.92 Å². The van der Waals surface area contributed by atoms with Crippen molar-refractivity contribution in [3.05, 3.63) is 12.7 Å². The van der Waals surface area contributed by atoms with Gasteiger partial charge in [0.25, 0.3) is 0 Å². The summed E-state index contributed by atoms with van der Waals surface area (Å²) in [5, 5.41) is 0. The van der Waals surface area contributed by atoms with Gasteiger partial charge in [-0.3, -0.25) is 9.59 Å². The number of hydrogen-bond acceptors (Lipinski definition) is 2. The molecule has 102 valence electrons. The van der Waals surface area contributed by atoms with Crippen LogP contribution < -0.4 is 0 Å². The number of likely N-dealkylation sites (tertiary alicyclic amines) is 1. The molecule has 0 spiro atoms. The predicted molar refractivity (Wildman–Crippen MR) is 72.0 cm³/mol. The molecule has 2 amide bonds. The van der Waals surface area contributed by atoms with Crippen molar-refractivity contribution in [2.45, 2.75) is 33.1 Å². The fraction of sp³-hybridized carbons (Fsp3) is 0.714. The van der Waals surface area contributed by atoms with Crippen LogP contribution in [-0.2, 0) is 9.59 Å². The number of hydrogen-bond donors (Lipinski definition) is 0. The van der Waals surface area contributed by atoms with Gasteiger partial charge in [0, 0.05) is 39.5 Å². The summed E-state index contributed by atoms with van der Waals surface area (Å²) in [5.74, 6) is 0.885. The first kappa shape index (κ1) is 14.7. The third-order valence-electron chi connectivity index (χ3n) is 3.53. The van der Waals surface area contributed by atoms with E-state index in [1.165, 1.54) is 6.92 Å². The molecule has 1 heterocycles. The van der Waals surface area contributed by atoms with E-state index >= 15 is 0 Å². The Labute approximate surface area is 110 Å². The van der Waals surface area contributed by atoms with Gasteiger partial charge in [-0.2, -0.15) is 0 Å². The van der Waals surface area contributed by atoms with Crippen molar-refractivity contribution < 1.29 is 9.59 Å². The molecular weight excluding hydrogens is 228 g/mol. The Morgan fingerprint density at radius 3 is 2.50 bits per heavy atom. The fourth-order valence-corrected chi connectivity index (χ4v) is 2.18. The average molecular weight is 252 g/mol. The number of rotatable bonds is 5. The van der Waals surface area contributed by atoms with Gasteiger partial charge in [-0.15, -0.1) is 6.58 Å². The second-order valence-electron chi connectivity index (χ2n) is 5.07. The highest BCUT2D eigenvalue weighted by Crippen LogP contribution is 2.16. The van der Waals surface area contributed by atoms with Crippen LogP contribution in [0.25, 0.3) is 0 Å². The lowest BCUT2D eigenvalue weighted by atomic mass is 9.99. The Balaban J connectivity index is 2.35. The maximum atomic E-state index is 12.0. The molecule has 0 N–H and O–H groups in total. The zero-order chi connectivity index (χ0) is 13.5. The second-order valence-corrected chi connectivity index (χ2v) is 5.07. The summed E-state index contributed by atoms with van der Waals surface area (Å²) in [6.45, 7) is 10.1. The monoisotopic (exact) mass is 252 g/mol. The van der Waals surface area contributed by atoms with Gasteiger partial charge >= 0.3 is 0 Å². The van der Waals surface area contributed by atoms with Crippen LogP contribution in [0.4, 0.5) is 0 Å². The zero-order valence-electron chi connectivity index (χ0n) is 11.5. The van der Waals surface area contributed by atoms with Crippen LogP contribution in [-0.4, -0.2) is 47.8 Å². The number of piperidine rings is 1. The van der Waals surface area contributed by atoms with Crippen molar-refractivity contribution in [3.8, 4) is 0 Å². The van der Waals surface area contributed by atoms with Crippen molar-refractivity contribution in [3.63, 3.8) is 0 Å². The highest BCUT2D eigenvalue weighted by atomic mass is 16.2. The Kier molecular flexibility index (Phi) is 5.89. The lowest BCUT2D eigenvalue weighted by molar-refractivity contribution is -0.134. The van der Waals surface area contributed by atoms with E-state index in [0.717, 1.165) is 31.8 Å². The van der Waals surface area contributed by atoms with Crippen LogP contribution in [0.2, 0.25) is 0 Å². The Bertz CT molecular complexity index is 307. The summed E-state index contributed by atoms with van der Waals surface area (Å²) in [6, 6.07) is 0. The largest absolute Gasteiger partial charge is 0.343 e. The van der Waals surface area contributed by atoms with E-state index in [2.05, 4.69) is 13.5 Å². The normalized spacial score (nSPS) is 16.4. The van der Waals surface area contributed by atoms with E-state index in [-0.39, 0.29) is 11.8 Å². The van der Waals surface area contributed by atoms with Gasteiger partial charge in [-0.1, -0.05) is 13.0 Å². The first-order valence-corrected chi connectivity index (χ1v) is 6.68. The van der Waals surface area contributed by atoms with Gasteiger partial charge < -0.3 is 9.80 Å². The predicted octanol–water partition coefficient (Wildman–Crippen LogP) is 1.67. The zero-order valence-corrected chi connectivity index (χ0v) is 11.5. The van der Waals surface area contributed by atoms with Crippen LogP contribution in [0.5, 0.6) is 0 Å². The smallest absolute Gasteiger partial charge is 0.224 e. The molecule has 0 atom stereocenters. The van der Waals surface area contributed by atoms with Crippen LogP contribution in [0.1, 0.15) is 33.1 Å². The summed E-state index contributed by atoms with van der Waals surface area (Å²) in [6.07, 6.45) is 4.29. The molecule has 4 heteroatoms. The van der Waals surface area contributed by atoms with E-state index in [1.807, 2.05) is 4.90 Å². The molecule has 0 aromatic rings. The topological polar surface area (TPSA) is 40.6 Å². The van der Waals surface area contributed by atoms with Crippen LogP contribution >= 0.6 is 0 Å². The molecule has 4 nitrogen and oxygen atoms in total. The minimum absolute atomic E-state index is 0.00466. The molecule has 0 aromatic heterocycles. The molecule has 1 aliphatic heterocycles. The molecule has 0 aromatic carbocycles. The summed E-state index contributed by atoms with van der Waals surface area (Å²) in [5.41, 5.74) is 0. The van der Waals surface area contributed by atoms with Crippen LogP contribution in [0.15, 0.2) is 12.7 Å². The quantitative estimate of drug-likeness (QED) is 0.698. The highest BCUT2D eigenvalue weighted by molar-refractivity contribution is 5.78. The molecule has 0 saturated carbocycles. The first-order chi connectivity index (χ1) is 8.54. The fourth-order valence-electron chi connectivity index (χ4n) is 2.18. The molecule has 1 fully saturated rings. The minimum Gasteiger partial charge on any atom is -0.343 e. The van der Waals surface area contributed by atoms with E-state index in [4.69, 9.17) is 0 Å². The number of nitrogens with zero attached hydrogens (tertiary/aromatic N) is 2. The lowest BCUT2D eigenvalue weighted by Crippen LogP contribution is -2.40. The maximum absolute atomic E-state index is 12.0. The van der Waals surface area contributed by atoms with Gasteiger partial charge in [-0.05, 0) is 18.8 Å². The van der Waals surface area contributed by atoms with E-state index in [9.17, 15) is 9.59 Å². The SMILES string of the molecule is C=CCN(CCC(=O)N1CCC(C)CC1)C(C)=O. The maximum Gasteiger partial charge on any atom is 0.224 e. The summed E-state index contributed by atoms with van der Waals surface area (Å²) < 4.78 is 0. The van der Waals surface area contributed by atoms with E-state index < -0.39 is 0 Å². The summed E-state index contributed by atoms with van der Waals surface area (Å²) in [7, 11) is 0. The van der Waals surface area contributed by atoms with E-state index in [0.29, 0.717) is 19.5 Å². The molecule has 1 rings (SSSR count). The molecule has 0 bridgehead atoms. The highest BCUT2D eigenvalue weighted by Gasteiger charge is 2.20. The van der Waals surface area contributed by atoms with Gasteiger partial charge in [0.15, 0.2) is 0 Å². The summed E-state index contributed by atoms with van der Waals surface area (Å²) >= 11 is 0. The van der Waals surface area contributed by atoms with Crippen LogP contribution in [0, 0.1) is 5.92 Å². The first-order valence-electron chi connectivity index (χ1n) is 6.68. The van der Waals surface area contributed by atoms with E-state index in [1.54, 1.807) is 11.0 Å². The number of carbonyl (C=O) groups is 2. The van der Waals surface area contributed by atoms with Crippen molar-refractivity contribution >= 4 is 11.8 Å². The molecule has 0 unspecified atom stereocenters. The number of amides is 2. The Morgan fingerprint density at radius 2 is 2.00 bits per heavy atom. The third kappa shape index (κ3) is 4.51. The Hall–Kier alpha value is -1.32. The standard InChI is InChI=1S/C14H24N2O2/c1-4-8-15(13(3)17)11-7-14(18)16-9-5-12(2)6-10-16/h4,12H,1,5-11H2,2-3H3. The molecular formula is C14H24N2O2. The van der Waals surface area contributed by atoms with Gasteiger partial charge in [-0.25, -0.2) is 0 Å². The Morgan fingerprint density at radius 1 is 1.39 bits per heavy atom. The molecule has 1 saturated heterocycles. The van der Waals surface area contributed by atoms with Crippen molar-refractivity contribution in [1.29, 1.82) is 0 Å². The van der Waals surface area contributed by atoms with Gasteiger partial charge in [0.1, 0.15) is 0 Å². The van der Waals surface area contributed by atoms with Crippen molar-refractivity contribution in [1.82, 2.24) is 9.80 Å². The molecule has 18 heavy (non-hydrogen) atoms. The lowest BCUT2D eigenvalue weighted by Gasteiger charge is -2.31. The molecule has 0 radical (unpaired) electrons. The molecule has 1 aliphatic rings. The minimum atomic E-state index is -0.00466. The molecule has 0 aliphatic carbocycles. The third-order valence-corrected chi connectivity index (χ3v) is 3.53. The average Bonchev–Trinajstić information content (AvgIpc) is 2.34. The second kappa shape index (κ2) is 7.19. The summed E-state index contributed by atoms with van der Waals surface area (Å²) in [4.78, 5) is 26.9. The van der Waals surface area contributed by atoms with Crippen LogP contribution in [0.3, 0.4) is 0 Å². The number of carbonyl (C=O) groups excluding carboxylic acids is 2. The van der Waals surface area contributed by atoms with Gasteiger partial charge in [0.2, 0.25) is 11.8 Å².